The standard InChI is InChI=1S/C10H18O/c1-2-3-4-8-10(11)9-6-5-7-9/h9H,2-8H2,1H3. The molecule has 0 aromatic carbocycles. The summed E-state index contributed by atoms with van der Waals surface area (Å²) in [5.74, 6) is 0.997. The highest BCUT2D eigenvalue weighted by molar-refractivity contribution is 5.81. The number of carbonyl (C=O) groups excluding carboxylic acids is 1. The average Bonchev–Trinajstić information content (AvgIpc) is 1.84. The molecule has 0 bridgehead atoms. The minimum atomic E-state index is 0.465. The van der Waals surface area contributed by atoms with Crippen LogP contribution in [0.3, 0.4) is 0 Å². The maximum Gasteiger partial charge on any atom is 0.135 e. The molecule has 0 unspecified atom stereocenters. The molecule has 1 heteroatoms. The quantitative estimate of drug-likeness (QED) is 0.556. The zero-order chi connectivity index (χ0) is 8.10. The lowest BCUT2D eigenvalue weighted by Crippen LogP contribution is -2.21. The van der Waals surface area contributed by atoms with E-state index in [1.54, 1.807) is 0 Å². The molecule has 1 aliphatic carbocycles. The van der Waals surface area contributed by atoms with Crippen LogP contribution >= 0.6 is 0 Å². The summed E-state index contributed by atoms with van der Waals surface area (Å²) in [6.07, 6.45) is 8.03. The molecule has 0 radical (unpaired) electrons. The van der Waals surface area contributed by atoms with Gasteiger partial charge in [0.05, 0.1) is 0 Å². The first-order chi connectivity index (χ1) is 5.34. The summed E-state index contributed by atoms with van der Waals surface area (Å²) in [7, 11) is 0. The Labute approximate surface area is 69.2 Å². The molecule has 64 valence electrons. The Balaban J connectivity index is 2.01. The molecule has 1 rings (SSSR count). The van der Waals surface area contributed by atoms with Crippen molar-refractivity contribution in [2.24, 2.45) is 5.92 Å². The number of carbonyl (C=O) groups is 1. The van der Waals surface area contributed by atoms with E-state index in [-0.39, 0.29) is 0 Å². The highest BCUT2D eigenvalue weighted by Gasteiger charge is 2.23. The molecule has 0 aliphatic heterocycles. The van der Waals surface area contributed by atoms with E-state index in [0.717, 1.165) is 12.8 Å². The second kappa shape index (κ2) is 4.53. The molecule has 1 saturated carbocycles. The van der Waals surface area contributed by atoms with Gasteiger partial charge in [0.25, 0.3) is 0 Å². The Kier molecular flexibility index (Phi) is 3.61. The fraction of sp³-hybridized carbons (Fsp3) is 0.900. The lowest BCUT2D eigenvalue weighted by atomic mass is 9.81. The van der Waals surface area contributed by atoms with E-state index in [2.05, 4.69) is 6.92 Å². The normalized spacial score (nSPS) is 17.9. The van der Waals surface area contributed by atoms with Gasteiger partial charge >= 0.3 is 0 Å². The number of Topliss-reactive ketones (excluding diaryl/α,β-unsaturated/α-hetero) is 1. The van der Waals surface area contributed by atoms with E-state index in [1.807, 2.05) is 0 Å². The van der Waals surface area contributed by atoms with Gasteiger partial charge in [-0.3, -0.25) is 4.79 Å². The van der Waals surface area contributed by atoms with Crippen molar-refractivity contribution in [2.75, 3.05) is 0 Å². The Morgan fingerprint density at radius 2 is 2.09 bits per heavy atom. The van der Waals surface area contributed by atoms with Crippen LogP contribution in [0.15, 0.2) is 0 Å². The number of ketones is 1. The molecular weight excluding hydrogens is 136 g/mol. The Morgan fingerprint density at radius 1 is 1.36 bits per heavy atom. The minimum Gasteiger partial charge on any atom is -0.299 e. The molecule has 0 aromatic heterocycles. The van der Waals surface area contributed by atoms with Crippen LogP contribution in [0.25, 0.3) is 0 Å². The zero-order valence-electron chi connectivity index (χ0n) is 7.44. The van der Waals surface area contributed by atoms with Crippen LogP contribution in [-0.4, -0.2) is 5.78 Å². The van der Waals surface area contributed by atoms with Crippen molar-refractivity contribution >= 4 is 5.78 Å². The lowest BCUT2D eigenvalue weighted by molar-refractivity contribution is -0.125. The van der Waals surface area contributed by atoms with E-state index in [4.69, 9.17) is 0 Å². The van der Waals surface area contributed by atoms with Crippen LogP contribution in [-0.2, 0) is 4.79 Å². The van der Waals surface area contributed by atoms with E-state index in [1.165, 1.54) is 32.1 Å². The fourth-order valence-corrected chi connectivity index (χ4v) is 1.48. The molecule has 0 N–H and O–H groups in total. The fourth-order valence-electron chi connectivity index (χ4n) is 1.48. The summed E-state index contributed by atoms with van der Waals surface area (Å²) in [6, 6.07) is 0. The van der Waals surface area contributed by atoms with Crippen molar-refractivity contribution in [3.8, 4) is 0 Å². The summed E-state index contributed by atoms with van der Waals surface area (Å²) < 4.78 is 0. The summed E-state index contributed by atoms with van der Waals surface area (Å²) in [5, 5.41) is 0. The molecule has 0 atom stereocenters. The van der Waals surface area contributed by atoms with Crippen LogP contribution in [0, 0.1) is 5.92 Å². The van der Waals surface area contributed by atoms with Crippen molar-refractivity contribution < 1.29 is 4.79 Å². The van der Waals surface area contributed by atoms with Gasteiger partial charge in [0, 0.05) is 12.3 Å². The van der Waals surface area contributed by atoms with Gasteiger partial charge in [-0.15, -0.1) is 0 Å². The van der Waals surface area contributed by atoms with E-state index >= 15 is 0 Å². The summed E-state index contributed by atoms with van der Waals surface area (Å²) in [6.45, 7) is 2.17. The number of rotatable bonds is 5. The molecule has 0 aromatic rings. The van der Waals surface area contributed by atoms with Crippen LogP contribution in [0.2, 0.25) is 0 Å². The number of unbranched alkanes of at least 4 members (excludes halogenated alkanes) is 2. The van der Waals surface area contributed by atoms with Crippen molar-refractivity contribution in [1.29, 1.82) is 0 Å². The minimum absolute atomic E-state index is 0.465. The van der Waals surface area contributed by atoms with Gasteiger partial charge in [-0.2, -0.15) is 0 Å². The molecule has 0 spiro atoms. The zero-order valence-corrected chi connectivity index (χ0v) is 7.44. The Morgan fingerprint density at radius 3 is 2.55 bits per heavy atom. The molecule has 1 aliphatic rings. The molecule has 0 heterocycles. The topological polar surface area (TPSA) is 17.1 Å². The first-order valence-corrected chi connectivity index (χ1v) is 4.87. The third kappa shape index (κ3) is 2.64. The second-order valence-corrected chi connectivity index (χ2v) is 3.55. The van der Waals surface area contributed by atoms with Gasteiger partial charge in [0.15, 0.2) is 0 Å². The van der Waals surface area contributed by atoms with E-state index < -0.39 is 0 Å². The lowest BCUT2D eigenvalue weighted by Gasteiger charge is -2.23. The van der Waals surface area contributed by atoms with Gasteiger partial charge in [-0.25, -0.2) is 0 Å². The molecule has 11 heavy (non-hydrogen) atoms. The van der Waals surface area contributed by atoms with Crippen LogP contribution in [0.5, 0.6) is 0 Å². The Hall–Kier alpha value is -0.330. The highest BCUT2D eigenvalue weighted by atomic mass is 16.1. The maximum absolute atomic E-state index is 11.3. The third-order valence-corrected chi connectivity index (χ3v) is 2.59. The van der Waals surface area contributed by atoms with Crippen molar-refractivity contribution in [1.82, 2.24) is 0 Å². The van der Waals surface area contributed by atoms with Gasteiger partial charge < -0.3 is 0 Å². The van der Waals surface area contributed by atoms with Crippen molar-refractivity contribution in [3.63, 3.8) is 0 Å². The van der Waals surface area contributed by atoms with Crippen molar-refractivity contribution in [2.45, 2.75) is 51.9 Å². The van der Waals surface area contributed by atoms with Gasteiger partial charge in [0.1, 0.15) is 5.78 Å². The second-order valence-electron chi connectivity index (χ2n) is 3.55. The van der Waals surface area contributed by atoms with Crippen LogP contribution < -0.4 is 0 Å². The first-order valence-electron chi connectivity index (χ1n) is 4.87. The maximum atomic E-state index is 11.3. The predicted molar refractivity (Wildman–Crippen MR) is 46.5 cm³/mol. The monoisotopic (exact) mass is 154 g/mol. The summed E-state index contributed by atoms with van der Waals surface area (Å²) in [5.41, 5.74) is 0. The summed E-state index contributed by atoms with van der Waals surface area (Å²) >= 11 is 0. The molecule has 0 amide bonds. The van der Waals surface area contributed by atoms with Crippen molar-refractivity contribution in [3.05, 3.63) is 0 Å². The largest absolute Gasteiger partial charge is 0.299 e. The van der Waals surface area contributed by atoms with Crippen LogP contribution in [0.1, 0.15) is 51.9 Å². The predicted octanol–water partition coefficient (Wildman–Crippen LogP) is 2.94. The number of hydrogen-bond acceptors (Lipinski definition) is 1. The molecule has 1 fully saturated rings. The van der Waals surface area contributed by atoms with Gasteiger partial charge in [-0.1, -0.05) is 26.2 Å². The van der Waals surface area contributed by atoms with E-state index in [0.29, 0.717) is 11.7 Å². The highest BCUT2D eigenvalue weighted by Crippen LogP contribution is 2.28. The van der Waals surface area contributed by atoms with E-state index in [9.17, 15) is 4.79 Å². The molecule has 1 nitrogen and oxygen atoms in total. The van der Waals surface area contributed by atoms with Crippen LogP contribution in [0.4, 0.5) is 0 Å². The average molecular weight is 154 g/mol. The summed E-state index contributed by atoms with van der Waals surface area (Å²) in [4.78, 5) is 11.3. The SMILES string of the molecule is CCCCCC(=O)C1CCC1. The first kappa shape index (κ1) is 8.76. The smallest absolute Gasteiger partial charge is 0.135 e. The number of hydrogen-bond donors (Lipinski definition) is 0. The third-order valence-electron chi connectivity index (χ3n) is 2.59. The van der Waals surface area contributed by atoms with Gasteiger partial charge in [0.2, 0.25) is 0 Å². The molecular formula is C10H18O. The van der Waals surface area contributed by atoms with Gasteiger partial charge in [-0.05, 0) is 19.3 Å². The molecule has 0 saturated heterocycles. The Bertz CT molecular complexity index is 125.